The van der Waals surface area contributed by atoms with Gasteiger partial charge in [-0.05, 0) is 55.7 Å². The second-order valence-electron chi connectivity index (χ2n) is 6.27. The number of aryl methyl sites for hydroxylation is 2. The fraction of sp³-hybridized carbons (Fsp3) is 0.250. The van der Waals surface area contributed by atoms with Gasteiger partial charge in [0.15, 0.2) is 0 Å². The Labute approximate surface area is 159 Å². The average molecular weight is 368 g/mol. The van der Waals surface area contributed by atoms with Crippen molar-refractivity contribution in [2.75, 3.05) is 23.8 Å². The normalized spacial score (nSPS) is 10.6. The Hall–Kier alpha value is -2.66. The van der Waals surface area contributed by atoms with Gasteiger partial charge in [-0.2, -0.15) is 0 Å². The molecule has 3 rings (SSSR count). The predicted octanol–water partition coefficient (Wildman–Crippen LogP) is 4.56. The third-order valence-corrected chi connectivity index (χ3v) is 4.40. The van der Waals surface area contributed by atoms with E-state index >= 15 is 0 Å². The maximum Gasteiger partial charge on any atom is 0.136 e. The highest BCUT2D eigenvalue weighted by atomic mass is 35.5. The minimum atomic E-state index is 0.693. The van der Waals surface area contributed by atoms with Crippen molar-refractivity contribution in [3.63, 3.8) is 0 Å². The van der Waals surface area contributed by atoms with Gasteiger partial charge in [-0.15, -0.1) is 0 Å². The van der Waals surface area contributed by atoms with E-state index in [-0.39, 0.29) is 0 Å². The van der Waals surface area contributed by atoms with E-state index < -0.39 is 0 Å². The van der Waals surface area contributed by atoms with Gasteiger partial charge in [-0.25, -0.2) is 9.97 Å². The third kappa shape index (κ3) is 4.70. The van der Waals surface area contributed by atoms with Crippen LogP contribution in [0.15, 0.2) is 48.8 Å². The molecule has 0 atom stereocenters. The van der Waals surface area contributed by atoms with Gasteiger partial charge in [-0.1, -0.05) is 17.7 Å². The van der Waals surface area contributed by atoms with E-state index in [1.807, 2.05) is 69.7 Å². The lowest BCUT2D eigenvalue weighted by atomic mass is 10.2. The first kappa shape index (κ1) is 18.1. The van der Waals surface area contributed by atoms with Gasteiger partial charge in [0.2, 0.25) is 0 Å². The number of nitrogens with zero attached hydrogens (tertiary/aromatic N) is 4. The lowest BCUT2D eigenvalue weighted by molar-refractivity contribution is 0.848. The summed E-state index contributed by atoms with van der Waals surface area (Å²) in [5.74, 6) is 2.36. The molecule has 1 N–H and O–H groups in total. The molecule has 0 aliphatic rings. The smallest absolute Gasteiger partial charge is 0.136 e. The molecule has 0 fully saturated rings. The van der Waals surface area contributed by atoms with Crippen LogP contribution in [-0.4, -0.2) is 28.5 Å². The summed E-state index contributed by atoms with van der Waals surface area (Å²) in [5.41, 5.74) is 3.31. The maximum atomic E-state index is 6.11. The van der Waals surface area contributed by atoms with Crippen LogP contribution in [-0.2, 0) is 6.42 Å². The molecule has 0 saturated carbocycles. The molecule has 6 heteroatoms. The van der Waals surface area contributed by atoms with E-state index in [0.29, 0.717) is 5.02 Å². The molecule has 0 aliphatic heterocycles. The topological polar surface area (TPSA) is 53.9 Å². The number of hydrogen-bond acceptors (Lipinski definition) is 5. The molecule has 2 heterocycles. The highest BCUT2D eigenvalue weighted by molar-refractivity contribution is 6.30. The van der Waals surface area contributed by atoms with Crippen LogP contribution in [0.25, 0.3) is 0 Å². The van der Waals surface area contributed by atoms with Crippen molar-refractivity contribution in [1.29, 1.82) is 0 Å². The lowest BCUT2D eigenvalue weighted by Gasteiger charge is -2.19. The number of nitrogens with one attached hydrogen (secondary N) is 1. The summed E-state index contributed by atoms with van der Waals surface area (Å²) in [6, 6.07) is 11.8. The average Bonchev–Trinajstić information content (AvgIpc) is 2.63. The van der Waals surface area contributed by atoms with Gasteiger partial charge in [-0.3, -0.25) is 4.98 Å². The molecule has 0 spiro atoms. The highest BCUT2D eigenvalue weighted by Gasteiger charge is 2.09. The summed E-state index contributed by atoms with van der Waals surface area (Å²) >= 11 is 6.11. The van der Waals surface area contributed by atoms with Crippen LogP contribution in [0, 0.1) is 13.8 Å². The summed E-state index contributed by atoms with van der Waals surface area (Å²) in [7, 11) is 2.04. The van der Waals surface area contributed by atoms with Crippen LogP contribution in [0.3, 0.4) is 0 Å². The van der Waals surface area contributed by atoms with Crippen LogP contribution >= 0.6 is 11.6 Å². The van der Waals surface area contributed by atoms with E-state index in [1.165, 1.54) is 5.56 Å². The minimum Gasteiger partial charge on any atom is -0.359 e. The Balaban J connectivity index is 1.75. The zero-order valence-corrected chi connectivity index (χ0v) is 16.0. The standard InChI is InChI=1S/C20H22ClN5/c1-14-4-5-17(21)12-18(14)25-19-13-20(24-15(2)23-19)26(3)11-8-16-6-9-22-10-7-16/h4-7,9-10,12-13H,8,11H2,1-3H3,(H,23,24,25). The van der Waals surface area contributed by atoms with Gasteiger partial charge in [0.05, 0.1) is 0 Å². The number of likely N-dealkylation sites (N-methyl/N-ethyl adjacent to an activating group) is 1. The number of aromatic nitrogens is 3. The molecular formula is C20H22ClN5. The van der Waals surface area contributed by atoms with Crippen LogP contribution in [0.4, 0.5) is 17.3 Å². The highest BCUT2D eigenvalue weighted by Crippen LogP contribution is 2.25. The van der Waals surface area contributed by atoms with Crippen LogP contribution < -0.4 is 10.2 Å². The fourth-order valence-corrected chi connectivity index (χ4v) is 2.81. The molecular weight excluding hydrogens is 346 g/mol. The molecule has 2 aromatic heterocycles. The van der Waals surface area contributed by atoms with Crippen LogP contribution in [0.5, 0.6) is 0 Å². The molecule has 0 unspecified atom stereocenters. The summed E-state index contributed by atoms with van der Waals surface area (Å²) in [6.45, 7) is 4.79. The molecule has 0 amide bonds. The Bertz CT molecular complexity index is 883. The quantitative estimate of drug-likeness (QED) is 0.691. The first-order valence-corrected chi connectivity index (χ1v) is 8.88. The Morgan fingerprint density at radius 3 is 2.58 bits per heavy atom. The molecule has 1 aromatic carbocycles. The van der Waals surface area contributed by atoms with Crippen molar-refractivity contribution in [2.24, 2.45) is 0 Å². The number of rotatable bonds is 6. The van der Waals surface area contributed by atoms with Crippen LogP contribution in [0.1, 0.15) is 17.0 Å². The minimum absolute atomic E-state index is 0.693. The van der Waals surface area contributed by atoms with Crippen molar-refractivity contribution >= 4 is 28.9 Å². The van der Waals surface area contributed by atoms with Crippen molar-refractivity contribution < 1.29 is 0 Å². The number of halogens is 1. The summed E-state index contributed by atoms with van der Waals surface area (Å²) < 4.78 is 0. The molecule has 0 bridgehead atoms. The second-order valence-corrected chi connectivity index (χ2v) is 6.71. The van der Waals surface area contributed by atoms with Crippen molar-refractivity contribution in [3.8, 4) is 0 Å². The third-order valence-electron chi connectivity index (χ3n) is 4.16. The van der Waals surface area contributed by atoms with Gasteiger partial charge < -0.3 is 10.2 Å². The Kier molecular flexibility index (Phi) is 5.68. The van der Waals surface area contributed by atoms with E-state index in [0.717, 1.165) is 41.7 Å². The zero-order valence-electron chi connectivity index (χ0n) is 15.2. The predicted molar refractivity (Wildman–Crippen MR) is 107 cm³/mol. The first-order valence-electron chi connectivity index (χ1n) is 8.50. The molecule has 0 aliphatic carbocycles. The SMILES string of the molecule is Cc1nc(Nc2cc(Cl)ccc2C)cc(N(C)CCc2ccncc2)n1. The zero-order chi connectivity index (χ0) is 18.5. The largest absolute Gasteiger partial charge is 0.359 e. The summed E-state index contributed by atoms with van der Waals surface area (Å²) in [4.78, 5) is 15.2. The fourth-order valence-electron chi connectivity index (χ4n) is 2.64. The number of anilines is 3. The maximum absolute atomic E-state index is 6.11. The summed E-state index contributed by atoms with van der Waals surface area (Å²) in [6.07, 6.45) is 4.57. The Morgan fingerprint density at radius 2 is 1.81 bits per heavy atom. The number of benzene rings is 1. The second kappa shape index (κ2) is 8.15. The van der Waals surface area contributed by atoms with Gasteiger partial charge in [0.25, 0.3) is 0 Å². The van der Waals surface area contributed by atoms with Gasteiger partial charge in [0, 0.05) is 42.8 Å². The molecule has 26 heavy (non-hydrogen) atoms. The molecule has 3 aromatic rings. The van der Waals surface area contributed by atoms with E-state index in [1.54, 1.807) is 0 Å². The Morgan fingerprint density at radius 1 is 1.04 bits per heavy atom. The molecule has 134 valence electrons. The van der Waals surface area contributed by atoms with Crippen molar-refractivity contribution in [1.82, 2.24) is 15.0 Å². The van der Waals surface area contributed by atoms with Gasteiger partial charge in [0.1, 0.15) is 17.5 Å². The first-order chi connectivity index (χ1) is 12.5. The molecule has 5 nitrogen and oxygen atoms in total. The van der Waals surface area contributed by atoms with Crippen molar-refractivity contribution in [3.05, 3.63) is 70.8 Å². The van der Waals surface area contributed by atoms with E-state index in [4.69, 9.17) is 11.6 Å². The molecule has 0 saturated heterocycles. The van der Waals surface area contributed by atoms with Crippen LogP contribution in [0.2, 0.25) is 5.02 Å². The monoisotopic (exact) mass is 367 g/mol. The van der Waals surface area contributed by atoms with Gasteiger partial charge >= 0.3 is 0 Å². The molecule has 0 radical (unpaired) electrons. The van der Waals surface area contributed by atoms with Crippen molar-refractivity contribution in [2.45, 2.75) is 20.3 Å². The number of hydrogen-bond donors (Lipinski definition) is 1. The summed E-state index contributed by atoms with van der Waals surface area (Å²) in [5, 5.41) is 4.05. The van der Waals surface area contributed by atoms with E-state index in [2.05, 4.69) is 25.2 Å². The lowest BCUT2D eigenvalue weighted by Crippen LogP contribution is -2.22. The number of pyridine rings is 1. The van der Waals surface area contributed by atoms with E-state index in [9.17, 15) is 0 Å².